The Morgan fingerprint density at radius 1 is 1.24 bits per heavy atom. The topological polar surface area (TPSA) is 54.5 Å². The number of nitrogens with zero attached hydrogens (tertiary/aromatic N) is 3. The first-order chi connectivity index (χ1) is 8.38. The first kappa shape index (κ1) is 10.7. The van der Waals surface area contributed by atoms with Crippen LogP contribution in [0.3, 0.4) is 0 Å². The Labute approximate surface area is 102 Å². The van der Waals surface area contributed by atoms with Gasteiger partial charge in [-0.05, 0) is 12.8 Å². The van der Waals surface area contributed by atoms with Crippen molar-refractivity contribution in [2.75, 3.05) is 0 Å². The van der Waals surface area contributed by atoms with E-state index in [-0.39, 0.29) is 0 Å². The van der Waals surface area contributed by atoms with Crippen molar-refractivity contribution in [3.05, 3.63) is 12.2 Å². The summed E-state index contributed by atoms with van der Waals surface area (Å²) in [4.78, 5) is 16.8. The van der Waals surface area contributed by atoms with Crippen LogP contribution in [-0.4, -0.2) is 27.2 Å². The Bertz CT molecular complexity index is 516. The van der Waals surface area contributed by atoms with Gasteiger partial charge in [0.1, 0.15) is 11.3 Å². The van der Waals surface area contributed by atoms with Gasteiger partial charge in [0.05, 0.1) is 6.33 Å². The first-order valence-corrected chi connectivity index (χ1v) is 6.58. The van der Waals surface area contributed by atoms with Gasteiger partial charge >= 0.3 is 0 Å². The van der Waals surface area contributed by atoms with E-state index in [0.29, 0.717) is 5.92 Å². The molecule has 88 valence electrons. The fraction of sp³-hybridized carbons (Fsp3) is 0.583. The molecule has 2 aromatic rings. The number of aromatic amines is 1. The van der Waals surface area contributed by atoms with Crippen molar-refractivity contribution in [1.82, 2.24) is 19.9 Å². The molecule has 0 aliphatic heterocycles. The summed E-state index contributed by atoms with van der Waals surface area (Å²) in [6.07, 6.45) is 8.19. The molecule has 0 saturated heterocycles. The fourth-order valence-electron chi connectivity index (χ4n) is 2.70. The molecule has 1 aliphatic rings. The van der Waals surface area contributed by atoms with Gasteiger partial charge in [-0.25, -0.2) is 15.0 Å². The summed E-state index contributed by atoms with van der Waals surface area (Å²) in [6, 6.07) is 0. The zero-order chi connectivity index (χ0) is 11.7. The summed E-state index contributed by atoms with van der Waals surface area (Å²) in [7, 11) is 0.920. The highest BCUT2D eigenvalue weighted by Crippen LogP contribution is 2.30. The molecule has 1 fully saturated rings. The van der Waals surface area contributed by atoms with Crippen LogP contribution in [0.25, 0.3) is 11.2 Å². The van der Waals surface area contributed by atoms with E-state index in [1.54, 1.807) is 6.33 Å². The quantitative estimate of drug-likeness (QED) is 0.792. The minimum Gasteiger partial charge on any atom is -0.329 e. The molecule has 17 heavy (non-hydrogen) atoms. The lowest BCUT2D eigenvalue weighted by Gasteiger charge is -2.20. The van der Waals surface area contributed by atoms with Gasteiger partial charge in [0.2, 0.25) is 0 Å². The highest BCUT2D eigenvalue weighted by Gasteiger charge is 2.20. The maximum atomic E-state index is 4.72. The third kappa shape index (κ3) is 1.94. The molecular formula is C12H17BN4. The molecule has 0 unspecified atom stereocenters. The number of hydrogen-bond acceptors (Lipinski definition) is 3. The van der Waals surface area contributed by atoms with Gasteiger partial charge < -0.3 is 4.98 Å². The van der Waals surface area contributed by atoms with Crippen LogP contribution in [0.1, 0.15) is 43.8 Å². The number of hydrogen-bond donors (Lipinski definition) is 1. The molecule has 3 rings (SSSR count). The van der Waals surface area contributed by atoms with Crippen LogP contribution < -0.4 is 5.59 Å². The lowest BCUT2D eigenvalue weighted by Crippen LogP contribution is -2.22. The lowest BCUT2D eigenvalue weighted by molar-refractivity contribution is 0.430. The SMILES string of the molecule is CBc1nc(C2CCCCC2)nc2[nH]cnc12. The Hall–Kier alpha value is -1.39. The van der Waals surface area contributed by atoms with Crippen molar-refractivity contribution >= 4 is 24.0 Å². The zero-order valence-electron chi connectivity index (χ0n) is 10.2. The summed E-state index contributed by atoms with van der Waals surface area (Å²) in [6.45, 7) is 2.13. The maximum Gasteiger partial charge on any atom is 0.182 e. The molecule has 1 aliphatic carbocycles. The van der Waals surface area contributed by atoms with Gasteiger partial charge in [-0.2, -0.15) is 0 Å². The molecule has 0 spiro atoms. The number of aromatic nitrogens is 4. The van der Waals surface area contributed by atoms with Gasteiger partial charge in [0.15, 0.2) is 12.9 Å². The van der Waals surface area contributed by atoms with Crippen molar-refractivity contribution in [1.29, 1.82) is 0 Å². The summed E-state index contributed by atoms with van der Waals surface area (Å²) in [5.41, 5.74) is 2.92. The molecule has 0 atom stereocenters. The van der Waals surface area contributed by atoms with Crippen LogP contribution in [0, 0.1) is 0 Å². The zero-order valence-corrected chi connectivity index (χ0v) is 10.2. The molecule has 1 N–H and O–H groups in total. The van der Waals surface area contributed by atoms with E-state index < -0.39 is 0 Å². The van der Waals surface area contributed by atoms with E-state index in [9.17, 15) is 0 Å². The average Bonchev–Trinajstić information content (AvgIpc) is 2.86. The van der Waals surface area contributed by atoms with Crippen molar-refractivity contribution in [3.8, 4) is 0 Å². The Balaban J connectivity index is 2.03. The van der Waals surface area contributed by atoms with Crippen LogP contribution in [0.15, 0.2) is 6.33 Å². The molecule has 2 heterocycles. The van der Waals surface area contributed by atoms with Crippen molar-refractivity contribution in [3.63, 3.8) is 0 Å². The predicted molar refractivity (Wildman–Crippen MR) is 70.2 cm³/mol. The van der Waals surface area contributed by atoms with E-state index in [1.807, 2.05) is 0 Å². The van der Waals surface area contributed by atoms with Crippen LogP contribution in [0.4, 0.5) is 0 Å². The van der Waals surface area contributed by atoms with Crippen LogP contribution in [0.5, 0.6) is 0 Å². The molecule has 4 nitrogen and oxygen atoms in total. The molecule has 0 bridgehead atoms. The van der Waals surface area contributed by atoms with Gasteiger partial charge in [-0.15, -0.1) is 0 Å². The third-order valence-corrected chi connectivity index (χ3v) is 3.67. The standard InChI is InChI=1S/C12H17BN4/c1-13-10-9-12(15-7-14-9)17-11(16-10)8-5-3-2-4-6-8/h7-8,13H,2-6H2,1H3,(H,14,15,16,17). The van der Waals surface area contributed by atoms with Gasteiger partial charge in [0, 0.05) is 11.5 Å². The average molecular weight is 228 g/mol. The second-order valence-electron chi connectivity index (χ2n) is 4.82. The molecule has 2 aromatic heterocycles. The minimum atomic E-state index is 0.557. The van der Waals surface area contributed by atoms with Gasteiger partial charge in [-0.1, -0.05) is 26.1 Å². The number of rotatable bonds is 2. The second kappa shape index (κ2) is 4.47. The van der Waals surface area contributed by atoms with E-state index >= 15 is 0 Å². The summed E-state index contributed by atoms with van der Waals surface area (Å²) in [5.74, 6) is 1.58. The lowest BCUT2D eigenvalue weighted by atomic mass is 9.77. The molecule has 1 saturated carbocycles. The summed E-state index contributed by atoms with van der Waals surface area (Å²) in [5, 5.41) is 0. The first-order valence-electron chi connectivity index (χ1n) is 6.58. The van der Waals surface area contributed by atoms with E-state index in [2.05, 4.69) is 21.8 Å². The van der Waals surface area contributed by atoms with Crippen LogP contribution in [0.2, 0.25) is 6.82 Å². The largest absolute Gasteiger partial charge is 0.329 e. The molecular weight excluding hydrogens is 211 g/mol. The number of imidazole rings is 1. The van der Waals surface area contributed by atoms with Crippen molar-refractivity contribution in [2.45, 2.75) is 44.8 Å². The Morgan fingerprint density at radius 3 is 2.82 bits per heavy atom. The smallest absolute Gasteiger partial charge is 0.182 e. The molecule has 0 radical (unpaired) electrons. The van der Waals surface area contributed by atoms with E-state index in [1.165, 1.54) is 32.1 Å². The van der Waals surface area contributed by atoms with E-state index in [4.69, 9.17) is 4.98 Å². The van der Waals surface area contributed by atoms with Crippen LogP contribution >= 0.6 is 0 Å². The number of nitrogens with one attached hydrogen (secondary N) is 1. The second-order valence-corrected chi connectivity index (χ2v) is 4.82. The fourth-order valence-corrected chi connectivity index (χ4v) is 2.70. The number of fused-ring (bicyclic) bond motifs is 1. The third-order valence-electron chi connectivity index (χ3n) is 3.67. The molecule has 5 heteroatoms. The normalized spacial score (nSPS) is 17.5. The molecule has 0 aromatic carbocycles. The van der Waals surface area contributed by atoms with Gasteiger partial charge in [0.25, 0.3) is 0 Å². The monoisotopic (exact) mass is 228 g/mol. The summed E-state index contributed by atoms with van der Waals surface area (Å²) >= 11 is 0. The predicted octanol–water partition coefficient (Wildman–Crippen LogP) is 1.51. The Morgan fingerprint density at radius 2 is 2.06 bits per heavy atom. The van der Waals surface area contributed by atoms with Crippen molar-refractivity contribution in [2.24, 2.45) is 0 Å². The van der Waals surface area contributed by atoms with Crippen molar-refractivity contribution < 1.29 is 0 Å². The highest BCUT2D eigenvalue weighted by atomic mass is 15.0. The van der Waals surface area contributed by atoms with Crippen LogP contribution in [-0.2, 0) is 0 Å². The highest BCUT2D eigenvalue weighted by molar-refractivity contribution is 6.54. The number of H-pyrrole nitrogens is 1. The van der Waals surface area contributed by atoms with Gasteiger partial charge in [-0.3, -0.25) is 0 Å². The summed E-state index contributed by atoms with van der Waals surface area (Å²) < 4.78 is 0. The Kier molecular flexibility index (Phi) is 2.83. The maximum absolute atomic E-state index is 4.72. The molecule has 0 amide bonds. The van der Waals surface area contributed by atoms with E-state index in [0.717, 1.165) is 29.9 Å². The minimum absolute atomic E-state index is 0.557.